The van der Waals surface area contributed by atoms with Crippen LogP contribution in [0.5, 0.6) is 0 Å². The Morgan fingerprint density at radius 1 is 1.80 bits per heavy atom. The maximum Gasteiger partial charge on any atom is 1.00 e. The molecule has 0 aliphatic rings. The Hall–Kier alpha value is -0.153. The number of isocyanates is 1. The van der Waals surface area contributed by atoms with Gasteiger partial charge in [-0.25, -0.2) is 0 Å². The summed E-state index contributed by atoms with van der Waals surface area (Å²) in [4.78, 5) is 11.5. The molecular weight excluding hydrogens is 61.0 g/mol. The van der Waals surface area contributed by atoms with Gasteiger partial charge in [0.1, 0.15) is 0 Å². The van der Waals surface area contributed by atoms with Gasteiger partial charge in [0.2, 0.25) is 0 Å². The van der Waals surface area contributed by atoms with E-state index >= 15 is 0 Å². The van der Waals surface area contributed by atoms with Crippen LogP contribution in [0.3, 0.4) is 0 Å². The third kappa shape index (κ3) is 18.3. The molecule has 0 fully saturated rings. The zero-order valence-corrected chi connectivity index (χ0v) is 3.06. The predicted molar refractivity (Wildman–Crippen MR) is 13.5 cm³/mol. The molecular formula is C2H2LiNO. The van der Waals surface area contributed by atoms with Crippen LogP contribution in [0.15, 0.2) is 4.99 Å². The first-order chi connectivity index (χ1) is 1.91. The summed E-state index contributed by atoms with van der Waals surface area (Å²) in [5.41, 5.74) is 0. The van der Waals surface area contributed by atoms with Crippen LogP contribution >= 0.6 is 0 Å². The molecule has 22 valence electrons. The van der Waals surface area contributed by atoms with E-state index in [1.54, 1.807) is 0 Å². The van der Waals surface area contributed by atoms with Crippen molar-refractivity contribution in [3.05, 3.63) is 7.05 Å². The van der Waals surface area contributed by atoms with E-state index in [2.05, 4.69) is 12.0 Å². The molecule has 0 radical (unpaired) electrons. The first-order valence-corrected chi connectivity index (χ1v) is 0.744. The summed E-state index contributed by atoms with van der Waals surface area (Å²) >= 11 is 0. The van der Waals surface area contributed by atoms with Gasteiger partial charge in [0.25, 0.3) is 0 Å². The maximum absolute atomic E-state index is 8.82. The van der Waals surface area contributed by atoms with Crippen LogP contribution in [0.4, 0.5) is 0 Å². The van der Waals surface area contributed by atoms with Crippen molar-refractivity contribution in [2.45, 2.75) is 0 Å². The van der Waals surface area contributed by atoms with Gasteiger partial charge in [-0.2, -0.15) is 7.05 Å². The Morgan fingerprint density at radius 2 is 2.00 bits per heavy atom. The molecule has 0 amide bonds. The number of aliphatic imine (C=N–C) groups is 1. The molecule has 3 heteroatoms. The van der Waals surface area contributed by atoms with E-state index in [9.17, 15) is 0 Å². The van der Waals surface area contributed by atoms with Crippen LogP contribution in [0, 0.1) is 7.05 Å². The van der Waals surface area contributed by atoms with Crippen molar-refractivity contribution in [2.24, 2.45) is 4.99 Å². The average molecular weight is 63.0 g/mol. The third-order valence-corrected chi connectivity index (χ3v) is 0.0645. The Kier molecular flexibility index (Phi) is 16.2. The van der Waals surface area contributed by atoms with Gasteiger partial charge in [-0.15, -0.1) is 0 Å². The van der Waals surface area contributed by atoms with E-state index in [1.165, 1.54) is 6.08 Å². The molecule has 0 aromatic rings. The molecule has 0 unspecified atom stereocenters. The van der Waals surface area contributed by atoms with Gasteiger partial charge in [-0.3, -0.25) is 0 Å². The minimum absolute atomic E-state index is 0. The summed E-state index contributed by atoms with van der Waals surface area (Å²) in [5, 5.41) is 0. The molecule has 0 rings (SSSR count). The van der Waals surface area contributed by atoms with Crippen molar-refractivity contribution in [2.75, 3.05) is 0 Å². The molecule has 0 aliphatic heterocycles. The first kappa shape index (κ1) is 8.85. The minimum Gasteiger partial charge on any atom is -0.389 e. The molecule has 0 saturated carbocycles. The normalized spacial score (nSPS) is 3.20. The van der Waals surface area contributed by atoms with Crippen molar-refractivity contribution >= 4 is 6.08 Å². The largest absolute Gasteiger partial charge is 1.00 e. The molecule has 0 aliphatic carbocycles. The quantitative estimate of drug-likeness (QED) is 0.128. The van der Waals surface area contributed by atoms with E-state index in [1.807, 2.05) is 0 Å². The number of nitrogens with zero attached hydrogens (tertiary/aromatic N) is 1. The second-order valence-corrected chi connectivity index (χ2v) is 0.249. The smallest absolute Gasteiger partial charge is 0.389 e. The van der Waals surface area contributed by atoms with E-state index in [0.29, 0.717) is 0 Å². The second kappa shape index (κ2) is 9.14. The van der Waals surface area contributed by atoms with Crippen LogP contribution < -0.4 is 18.9 Å². The SMILES string of the molecule is [CH2-]N=C=O.[Li+]. The molecule has 0 N–H and O–H groups in total. The average Bonchev–Trinajstić information content (AvgIpc) is 1.37. The van der Waals surface area contributed by atoms with Gasteiger partial charge >= 0.3 is 18.9 Å². The fraction of sp³-hybridized carbons (Fsp3) is 0. The monoisotopic (exact) mass is 63.0 g/mol. The van der Waals surface area contributed by atoms with Gasteiger partial charge in [0.05, 0.1) is 0 Å². The van der Waals surface area contributed by atoms with Crippen molar-refractivity contribution in [3.8, 4) is 0 Å². The summed E-state index contributed by atoms with van der Waals surface area (Å²) in [6, 6.07) is 0. The molecule has 0 bridgehead atoms. The van der Waals surface area contributed by atoms with Crippen LogP contribution in [0.25, 0.3) is 0 Å². The maximum atomic E-state index is 8.82. The van der Waals surface area contributed by atoms with Gasteiger partial charge in [-0.1, -0.05) is 0 Å². The number of carbonyl (C=O) groups excluding carboxylic acids is 1. The van der Waals surface area contributed by atoms with E-state index in [-0.39, 0.29) is 18.9 Å². The van der Waals surface area contributed by atoms with Crippen molar-refractivity contribution in [3.63, 3.8) is 0 Å². The van der Waals surface area contributed by atoms with Gasteiger partial charge in [-0.05, 0) is 6.08 Å². The first-order valence-electron chi connectivity index (χ1n) is 0.744. The molecule has 0 aromatic heterocycles. The topological polar surface area (TPSA) is 29.4 Å². The second-order valence-electron chi connectivity index (χ2n) is 0.249. The van der Waals surface area contributed by atoms with Crippen molar-refractivity contribution in [1.29, 1.82) is 0 Å². The van der Waals surface area contributed by atoms with Crippen LogP contribution in [0.1, 0.15) is 0 Å². The minimum atomic E-state index is 0. The summed E-state index contributed by atoms with van der Waals surface area (Å²) in [5.74, 6) is 0. The summed E-state index contributed by atoms with van der Waals surface area (Å²) in [6.45, 7) is 0. The predicted octanol–water partition coefficient (Wildman–Crippen LogP) is -2.88. The fourth-order valence-electron chi connectivity index (χ4n) is 0. The van der Waals surface area contributed by atoms with Crippen LogP contribution in [0.2, 0.25) is 0 Å². The standard InChI is InChI=1S/C2H2NO.Li/c1-3-2-4;/h1H2;/q-1;+1. The molecule has 0 saturated heterocycles. The Bertz CT molecular complexity index is 47.6. The third-order valence-electron chi connectivity index (χ3n) is 0.0645. The zero-order chi connectivity index (χ0) is 3.41. The van der Waals surface area contributed by atoms with Gasteiger partial charge in [0.15, 0.2) is 0 Å². The molecule has 0 atom stereocenters. The number of rotatable bonds is 0. The molecule has 2 nitrogen and oxygen atoms in total. The molecule has 0 spiro atoms. The zero-order valence-electron chi connectivity index (χ0n) is 3.06. The van der Waals surface area contributed by atoms with Crippen LogP contribution in [-0.2, 0) is 4.79 Å². The molecule has 0 heterocycles. The molecule has 0 aromatic carbocycles. The number of hydrogen-bond acceptors (Lipinski definition) is 2. The van der Waals surface area contributed by atoms with Gasteiger partial charge in [0, 0.05) is 0 Å². The summed E-state index contributed by atoms with van der Waals surface area (Å²) in [7, 11) is 2.81. The Labute approximate surface area is 42.5 Å². The van der Waals surface area contributed by atoms with Crippen molar-refractivity contribution in [1.82, 2.24) is 0 Å². The molecule has 5 heavy (non-hydrogen) atoms. The fourth-order valence-corrected chi connectivity index (χ4v) is 0. The number of hydrogen-bond donors (Lipinski definition) is 0. The van der Waals surface area contributed by atoms with Crippen LogP contribution in [-0.4, -0.2) is 6.08 Å². The van der Waals surface area contributed by atoms with E-state index in [0.717, 1.165) is 0 Å². The van der Waals surface area contributed by atoms with E-state index < -0.39 is 0 Å². The van der Waals surface area contributed by atoms with E-state index in [4.69, 9.17) is 4.79 Å². The summed E-state index contributed by atoms with van der Waals surface area (Å²) < 4.78 is 0. The Morgan fingerprint density at radius 3 is 2.00 bits per heavy atom. The Balaban J connectivity index is 0. The summed E-state index contributed by atoms with van der Waals surface area (Å²) in [6.07, 6.45) is 1.19. The van der Waals surface area contributed by atoms with Crippen molar-refractivity contribution < 1.29 is 23.7 Å². The van der Waals surface area contributed by atoms with Gasteiger partial charge < -0.3 is 9.79 Å².